The smallest absolute Gasteiger partial charge is 0.306 e. The van der Waals surface area contributed by atoms with Crippen LogP contribution in [0.2, 0.25) is 0 Å². The molecular formula is C10H19NO4. The average molecular weight is 217 g/mol. The van der Waals surface area contributed by atoms with E-state index in [1.807, 2.05) is 25.9 Å². The molecule has 0 aromatic heterocycles. The third kappa shape index (κ3) is 6.90. The van der Waals surface area contributed by atoms with Gasteiger partial charge in [0.05, 0.1) is 12.8 Å². The zero-order chi connectivity index (χ0) is 11.8. The third-order valence-corrected chi connectivity index (χ3v) is 2.18. The maximum absolute atomic E-state index is 11.1. The van der Waals surface area contributed by atoms with Crippen molar-refractivity contribution in [3.63, 3.8) is 0 Å². The van der Waals surface area contributed by atoms with Crippen LogP contribution in [0.1, 0.15) is 26.2 Å². The number of rotatable bonds is 7. The second-order valence-corrected chi connectivity index (χ2v) is 3.60. The highest BCUT2D eigenvalue weighted by Crippen LogP contribution is 2.01. The number of esters is 1. The first-order valence-corrected chi connectivity index (χ1v) is 5.01. The number of nitrogens with zero attached hydrogens (tertiary/aromatic N) is 1. The number of hydrogen-bond acceptors (Lipinski definition) is 4. The fourth-order valence-electron chi connectivity index (χ4n) is 1.10. The Kier molecular flexibility index (Phi) is 6.70. The minimum atomic E-state index is -0.980. The van der Waals surface area contributed by atoms with Crippen LogP contribution >= 0.6 is 0 Å². The number of likely N-dealkylation sites (N-methyl/N-ethyl adjacent to an activating group) is 1. The Hall–Kier alpha value is -1.10. The van der Waals surface area contributed by atoms with Gasteiger partial charge in [0.15, 0.2) is 0 Å². The molecule has 0 saturated carbocycles. The van der Waals surface area contributed by atoms with Gasteiger partial charge in [0.2, 0.25) is 0 Å². The van der Waals surface area contributed by atoms with Gasteiger partial charge in [0.25, 0.3) is 0 Å². The van der Waals surface area contributed by atoms with E-state index in [1.165, 1.54) is 0 Å². The van der Waals surface area contributed by atoms with Gasteiger partial charge in [-0.3, -0.25) is 9.59 Å². The minimum Gasteiger partial charge on any atom is -0.481 e. The highest BCUT2D eigenvalue weighted by Gasteiger charge is 2.12. The molecule has 5 nitrogen and oxygen atoms in total. The molecule has 0 aliphatic carbocycles. The molecule has 0 amide bonds. The average Bonchev–Trinajstić information content (AvgIpc) is 2.15. The molecule has 0 radical (unpaired) electrons. The van der Waals surface area contributed by atoms with E-state index in [0.717, 1.165) is 6.42 Å². The van der Waals surface area contributed by atoms with E-state index in [9.17, 15) is 9.59 Å². The summed E-state index contributed by atoms with van der Waals surface area (Å²) in [5.41, 5.74) is 0. The first kappa shape index (κ1) is 13.9. The largest absolute Gasteiger partial charge is 0.481 e. The van der Waals surface area contributed by atoms with Gasteiger partial charge in [-0.2, -0.15) is 0 Å². The lowest BCUT2D eigenvalue weighted by atomic mass is 10.2. The van der Waals surface area contributed by atoms with Gasteiger partial charge in [-0.25, -0.2) is 0 Å². The van der Waals surface area contributed by atoms with Crippen molar-refractivity contribution in [2.24, 2.45) is 0 Å². The number of carboxylic acid groups (broad SMARTS) is 1. The van der Waals surface area contributed by atoms with Gasteiger partial charge >= 0.3 is 11.9 Å². The molecule has 1 N–H and O–H groups in total. The molecule has 0 aliphatic heterocycles. The lowest BCUT2D eigenvalue weighted by Gasteiger charge is -2.22. The molecule has 0 aromatic rings. The molecule has 0 aromatic carbocycles. The van der Waals surface area contributed by atoms with E-state index >= 15 is 0 Å². The molecule has 15 heavy (non-hydrogen) atoms. The van der Waals surface area contributed by atoms with Gasteiger partial charge in [0.1, 0.15) is 6.61 Å². The number of aliphatic carboxylic acids is 1. The molecular weight excluding hydrogens is 198 g/mol. The van der Waals surface area contributed by atoms with Crippen LogP contribution in [0.4, 0.5) is 0 Å². The van der Waals surface area contributed by atoms with Crippen LogP contribution in [0.5, 0.6) is 0 Å². The first-order chi connectivity index (χ1) is 6.97. The Balaban J connectivity index is 3.73. The number of carbonyl (C=O) groups is 2. The maximum Gasteiger partial charge on any atom is 0.306 e. The first-order valence-electron chi connectivity index (χ1n) is 5.01. The van der Waals surface area contributed by atoms with Crippen molar-refractivity contribution in [3.8, 4) is 0 Å². The van der Waals surface area contributed by atoms with Crippen molar-refractivity contribution in [2.75, 3.05) is 20.7 Å². The zero-order valence-corrected chi connectivity index (χ0v) is 9.52. The molecule has 0 spiro atoms. The Morgan fingerprint density at radius 1 is 1.33 bits per heavy atom. The quantitative estimate of drug-likeness (QED) is 0.637. The lowest BCUT2D eigenvalue weighted by molar-refractivity contribution is -0.148. The van der Waals surface area contributed by atoms with E-state index in [2.05, 4.69) is 0 Å². The topological polar surface area (TPSA) is 66.8 Å². The van der Waals surface area contributed by atoms with Crippen molar-refractivity contribution in [2.45, 2.75) is 32.2 Å². The van der Waals surface area contributed by atoms with Crippen LogP contribution in [0.3, 0.4) is 0 Å². The van der Waals surface area contributed by atoms with Gasteiger partial charge < -0.3 is 14.7 Å². The van der Waals surface area contributed by atoms with Crippen LogP contribution < -0.4 is 0 Å². The number of hydrogen-bond donors (Lipinski definition) is 1. The van der Waals surface area contributed by atoms with Crippen molar-refractivity contribution < 1.29 is 19.4 Å². The normalized spacial score (nSPS) is 12.5. The second kappa shape index (κ2) is 7.23. The summed E-state index contributed by atoms with van der Waals surface area (Å²) in [6.45, 7) is 2.33. The van der Waals surface area contributed by atoms with E-state index < -0.39 is 11.9 Å². The molecule has 88 valence electrons. The molecule has 0 aliphatic rings. The molecule has 0 saturated heterocycles. The summed E-state index contributed by atoms with van der Waals surface area (Å²) in [6.07, 6.45) is 0.663. The van der Waals surface area contributed by atoms with Gasteiger partial charge in [-0.05, 0) is 20.5 Å². The fourth-order valence-corrected chi connectivity index (χ4v) is 1.10. The minimum absolute atomic E-state index is 0.0564. The number of carbonyl (C=O) groups excluding carboxylic acids is 1. The lowest BCUT2D eigenvalue weighted by Crippen LogP contribution is -2.32. The van der Waals surface area contributed by atoms with Gasteiger partial charge in [0, 0.05) is 6.04 Å². The molecule has 0 heterocycles. The third-order valence-electron chi connectivity index (χ3n) is 2.18. The zero-order valence-electron chi connectivity index (χ0n) is 9.52. The van der Waals surface area contributed by atoms with E-state index in [4.69, 9.17) is 9.84 Å². The Morgan fingerprint density at radius 3 is 2.33 bits per heavy atom. The maximum atomic E-state index is 11.1. The Labute approximate surface area is 90.0 Å². The summed E-state index contributed by atoms with van der Waals surface area (Å²) in [4.78, 5) is 23.3. The van der Waals surface area contributed by atoms with Crippen molar-refractivity contribution in [1.29, 1.82) is 0 Å². The molecule has 0 bridgehead atoms. The van der Waals surface area contributed by atoms with Crippen LogP contribution in [0.25, 0.3) is 0 Å². The van der Waals surface area contributed by atoms with Crippen LogP contribution in [0.15, 0.2) is 0 Å². The number of carboxylic acids is 1. The molecule has 1 unspecified atom stereocenters. The van der Waals surface area contributed by atoms with Crippen molar-refractivity contribution in [1.82, 2.24) is 4.90 Å². The van der Waals surface area contributed by atoms with E-state index in [1.54, 1.807) is 0 Å². The standard InChI is InChI=1S/C10H19NO4/c1-4-8(11(2)3)7-15-10(14)6-5-9(12)13/h8H,4-7H2,1-3H3,(H,12,13). The molecule has 0 fully saturated rings. The van der Waals surface area contributed by atoms with Crippen LogP contribution in [-0.4, -0.2) is 48.7 Å². The second-order valence-electron chi connectivity index (χ2n) is 3.60. The van der Waals surface area contributed by atoms with E-state index in [-0.39, 0.29) is 18.9 Å². The molecule has 5 heteroatoms. The van der Waals surface area contributed by atoms with Crippen molar-refractivity contribution >= 4 is 11.9 Å². The summed E-state index contributed by atoms with van der Waals surface area (Å²) in [5, 5.41) is 8.36. The summed E-state index contributed by atoms with van der Waals surface area (Å²) in [6, 6.07) is 0.193. The Morgan fingerprint density at radius 2 is 1.93 bits per heavy atom. The monoisotopic (exact) mass is 217 g/mol. The predicted molar refractivity (Wildman–Crippen MR) is 55.6 cm³/mol. The van der Waals surface area contributed by atoms with E-state index in [0.29, 0.717) is 6.61 Å². The van der Waals surface area contributed by atoms with Gasteiger partial charge in [-0.15, -0.1) is 0 Å². The predicted octanol–water partition coefficient (Wildman–Crippen LogP) is 0.735. The van der Waals surface area contributed by atoms with Crippen LogP contribution in [-0.2, 0) is 14.3 Å². The number of ether oxygens (including phenoxy) is 1. The SMILES string of the molecule is CCC(COC(=O)CCC(=O)O)N(C)C. The summed E-state index contributed by atoms with van der Waals surface area (Å²) in [7, 11) is 3.83. The van der Waals surface area contributed by atoms with Crippen LogP contribution in [0, 0.1) is 0 Å². The highest BCUT2D eigenvalue weighted by molar-refractivity contribution is 5.76. The highest BCUT2D eigenvalue weighted by atomic mass is 16.5. The molecule has 0 rings (SSSR count). The molecule has 1 atom stereocenters. The fraction of sp³-hybridized carbons (Fsp3) is 0.800. The summed E-state index contributed by atoms with van der Waals surface area (Å²) < 4.78 is 4.96. The van der Waals surface area contributed by atoms with Gasteiger partial charge in [-0.1, -0.05) is 6.92 Å². The summed E-state index contributed by atoms with van der Waals surface area (Å²) in [5.74, 6) is -1.43. The Bertz CT molecular complexity index is 215. The summed E-state index contributed by atoms with van der Waals surface area (Å²) >= 11 is 0. The van der Waals surface area contributed by atoms with Crippen molar-refractivity contribution in [3.05, 3.63) is 0 Å².